The first-order valence-electron chi connectivity index (χ1n) is 4.55. The van der Waals surface area contributed by atoms with Crippen molar-refractivity contribution in [1.29, 1.82) is 0 Å². The molecule has 0 saturated carbocycles. The van der Waals surface area contributed by atoms with Gasteiger partial charge in [-0.05, 0) is 40.0 Å². The van der Waals surface area contributed by atoms with Crippen LogP contribution in [0.4, 0.5) is 0 Å². The molecule has 1 nitrogen and oxygen atoms in total. The predicted octanol–water partition coefficient (Wildman–Crippen LogP) is 4.47. The fraction of sp³-hybridized carbons (Fsp3) is 0.0833. The van der Waals surface area contributed by atoms with E-state index in [-0.39, 0.29) is 0 Å². The standard InChI is InChI=1S/C12H9BrClN/c1-8-4-2-3-5-9(8)10-7-15-12(13)6-11(10)14/h2-7H,1H3. The van der Waals surface area contributed by atoms with Crippen LogP contribution >= 0.6 is 27.5 Å². The zero-order chi connectivity index (χ0) is 10.8. The number of hydrogen-bond acceptors (Lipinski definition) is 1. The van der Waals surface area contributed by atoms with Crippen LogP contribution < -0.4 is 0 Å². The molecule has 0 unspecified atom stereocenters. The Morgan fingerprint density at radius 1 is 1.20 bits per heavy atom. The van der Waals surface area contributed by atoms with Crippen LogP contribution in [-0.2, 0) is 0 Å². The summed E-state index contributed by atoms with van der Waals surface area (Å²) in [6, 6.07) is 9.93. The Morgan fingerprint density at radius 2 is 1.93 bits per heavy atom. The third-order valence-corrected chi connectivity index (χ3v) is 3.00. The molecule has 0 bridgehead atoms. The minimum Gasteiger partial charge on any atom is -0.249 e. The van der Waals surface area contributed by atoms with Gasteiger partial charge in [0.1, 0.15) is 4.60 Å². The first-order valence-corrected chi connectivity index (χ1v) is 5.72. The summed E-state index contributed by atoms with van der Waals surface area (Å²) in [5, 5.41) is 0.714. The Bertz CT molecular complexity index is 497. The number of rotatable bonds is 1. The highest BCUT2D eigenvalue weighted by molar-refractivity contribution is 9.10. The van der Waals surface area contributed by atoms with Gasteiger partial charge >= 0.3 is 0 Å². The molecule has 0 aliphatic carbocycles. The molecule has 0 N–H and O–H groups in total. The maximum absolute atomic E-state index is 6.17. The van der Waals surface area contributed by atoms with Gasteiger partial charge in [-0.2, -0.15) is 0 Å². The number of nitrogens with zero attached hydrogens (tertiary/aromatic N) is 1. The summed E-state index contributed by atoms with van der Waals surface area (Å²) in [5.74, 6) is 0. The van der Waals surface area contributed by atoms with Crippen molar-refractivity contribution in [3.05, 3.63) is 51.7 Å². The maximum Gasteiger partial charge on any atom is 0.107 e. The molecule has 15 heavy (non-hydrogen) atoms. The van der Waals surface area contributed by atoms with Gasteiger partial charge < -0.3 is 0 Å². The highest BCUT2D eigenvalue weighted by Gasteiger charge is 2.06. The van der Waals surface area contributed by atoms with E-state index < -0.39 is 0 Å². The Labute approximate surface area is 102 Å². The number of benzene rings is 1. The van der Waals surface area contributed by atoms with Gasteiger partial charge in [-0.15, -0.1) is 0 Å². The summed E-state index contributed by atoms with van der Waals surface area (Å²) < 4.78 is 0.754. The predicted molar refractivity (Wildman–Crippen MR) is 67.1 cm³/mol. The summed E-state index contributed by atoms with van der Waals surface area (Å²) in [6.07, 6.45) is 1.79. The molecular formula is C12H9BrClN. The fourth-order valence-corrected chi connectivity index (χ4v) is 2.20. The Hall–Kier alpha value is -0.860. The van der Waals surface area contributed by atoms with Crippen molar-refractivity contribution in [3.63, 3.8) is 0 Å². The molecule has 2 aromatic rings. The molecule has 0 aliphatic rings. The highest BCUT2D eigenvalue weighted by Crippen LogP contribution is 2.30. The van der Waals surface area contributed by atoms with Gasteiger partial charge in [-0.3, -0.25) is 0 Å². The number of halogens is 2. The first kappa shape index (κ1) is 10.7. The van der Waals surface area contributed by atoms with Crippen LogP contribution in [0.25, 0.3) is 11.1 Å². The number of aryl methyl sites for hydroxylation is 1. The van der Waals surface area contributed by atoms with Crippen LogP contribution in [0.2, 0.25) is 5.02 Å². The van der Waals surface area contributed by atoms with E-state index >= 15 is 0 Å². The largest absolute Gasteiger partial charge is 0.249 e. The Morgan fingerprint density at radius 3 is 2.60 bits per heavy atom. The second kappa shape index (κ2) is 4.33. The molecule has 3 heteroatoms. The van der Waals surface area contributed by atoms with Crippen LogP contribution in [0.5, 0.6) is 0 Å². The number of pyridine rings is 1. The second-order valence-electron chi connectivity index (χ2n) is 3.30. The van der Waals surface area contributed by atoms with Gasteiger partial charge in [0.15, 0.2) is 0 Å². The van der Waals surface area contributed by atoms with E-state index in [0.717, 1.165) is 15.7 Å². The first-order chi connectivity index (χ1) is 7.18. The SMILES string of the molecule is Cc1ccccc1-c1cnc(Br)cc1Cl. The molecule has 76 valence electrons. The maximum atomic E-state index is 6.17. The summed E-state index contributed by atoms with van der Waals surface area (Å²) >= 11 is 9.46. The van der Waals surface area contributed by atoms with Gasteiger partial charge in [-0.1, -0.05) is 35.9 Å². The van der Waals surface area contributed by atoms with Crippen molar-refractivity contribution in [2.75, 3.05) is 0 Å². The lowest BCUT2D eigenvalue weighted by Gasteiger charge is -2.07. The van der Waals surface area contributed by atoms with Crippen molar-refractivity contribution >= 4 is 27.5 Å². The van der Waals surface area contributed by atoms with Crippen LogP contribution in [0.1, 0.15) is 5.56 Å². The zero-order valence-corrected chi connectivity index (χ0v) is 10.5. The van der Waals surface area contributed by atoms with Crippen LogP contribution in [0, 0.1) is 6.92 Å². The van der Waals surface area contributed by atoms with E-state index in [1.54, 1.807) is 6.20 Å². The van der Waals surface area contributed by atoms with Gasteiger partial charge in [0, 0.05) is 11.8 Å². The van der Waals surface area contributed by atoms with Crippen LogP contribution in [-0.4, -0.2) is 4.98 Å². The van der Waals surface area contributed by atoms with E-state index in [1.165, 1.54) is 5.56 Å². The van der Waals surface area contributed by atoms with Crippen molar-refractivity contribution in [3.8, 4) is 11.1 Å². The molecule has 2 rings (SSSR count). The van der Waals surface area contributed by atoms with E-state index in [2.05, 4.69) is 33.9 Å². The van der Waals surface area contributed by atoms with Gasteiger partial charge in [0.05, 0.1) is 5.02 Å². The molecular weight excluding hydrogens is 273 g/mol. The average molecular weight is 283 g/mol. The van der Waals surface area contributed by atoms with Crippen molar-refractivity contribution < 1.29 is 0 Å². The topological polar surface area (TPSA) is 12.9 Å². The number of hydrogen-bond donors (Lipinski definition) is 0. The Kier molecular flexibility index (Phi) is 3.08. The lowest BCUT2D eigenvalue weighted by Crippen LogP contribution is -1.86. The number of aromatic nitrogens is 1. The van der Waals surface area contributed by atoms with Crippen molar-refractivity contribution in [2.45, 2.75) is 6.92 Å². The normalized spacial score (nSPS) is 10.3. The van der Waals surface area contributed by atoms with Crippen molar-refractivity contribution in [1.82, 2.24) is 4.98 Å². The minimum absolute atomic E-state index is 0.714. The molecule has 1 aromatic heterocycles. The van der Waals surface area contributed by atoms with Gasteiger partial charge in [-0.25, -0.2) is 4.98 Å². The lowest BCUT2D eigenvalue weighted by molar-refractivity contribution is 1.27. The second-order valence-corrected chi connectivity index (χ2v) is 4.52. The van der Waals surface area contributed by atoms with E-state index in [0.29, 0.717) is 5.02 Å². The average Bonchev–Trinajstić information content (AvgIpc) is 2.20. The molecule has 0 spiro atoms. The molecule has 1 aromatic carbocycles. The summed E-state index contributed by atoms with van der Waals surface area (Å²) in [5.41, 5.74) is 3.30. The van der Waals surface area contributed by atoms with Crippen LogP contribution in [0.3, 0.4) is 0 Å². The molecule has 1 heterocycles. The summed E-state index contributed by atoms with van der Waals surface area (Å²) in [6.45, 7) is 2.06. The summed E-state index contributed by atoms with van der Waals surface area (Å²) in [4.78, 5) is 4.19. The van der Waals surface area contributed by atoms with Crippen LogP contribution in [0.15, 0.2) is 41.1 Å². The third kappa shape index (κ3) is 2.21. The molecule has 0 aliphatic heterocycles. The Balaban J connectivity index is 2.60. The molecule has 0 saturated heterocycles. The monoisotopic (exact) mass is 281 g/mol. The molecule has 0 atom stereocenters. The summed E-state index contributed by atoms with van der Waals surface area (Å²) in [7, 11) is 0. The van der Waals surface area contributed by atoms with E-state index in [1.807, 2.05) is 24.3 Å². The smallest absolute Gasteiger partial charge is 0.107 e. The van der Waals surface area contributed by atoms with Gasteiger partial charge in [0.25, 0.3) is 0 Å². The quantitative estimate of drug-likeness (QED) is 0.703. The van der Waals surface area contributed by atoms with Crippen molar-refractivity contribution in [2.24, 2.45) is 0 Å². The molecule has 0 amide bonds. The highest BCUT2D eigenvalue weighted by atomic mass is 79.9. The third-order valence-electron chi connectivity index (χ3n) is 2.26. The van der Waals surface area contributed by atoms with E-state index in [4.69, 9.17) is 11.6 Å². The zero-order valence-electron chi connectivity index (χ0n) is 8.17. The van der Waals surface area contributed by atoms with E-state index in [9.17, 15) is 0 Å². The fourth-order valence-electron chi connectivity index (χ4n) is 1.48. The lowest BCUT2D eigenvalue weighted by atomic mass is 10.0. The molecule has 0 radical (unpaired) electrons. The molecule has 0 fully saturated rings. The minimum atomic E-state index is 0.714. The van der Waals surface area contributed by atoms with Gasteiger partial charge in [0.2, 0.25) is 0 Å².